The van der Waals surface area contributed by atoms with Crippen LogP contribution in [0, 0.1) is 6.92 Å². The van der Waals surface area contributed by atoms with E-state index in [0.29, 0.717) is 27.6 Å². The zero-order valence-electron chi connectivity index (χ0n) is 14.0. The number of rotatable bonds is 4. The maximum absolute atomic E-state index is 12.4. The minimum absolute atomic E-state index is 0.110. The second-order valence-corrected chi connectivity index (χ2v) is 7.55. The van der Waals surface area contributed by atoms with Crippen LogP contribution in [0.25, 0.3) is 20.7 Å². The van der Waals surface area contributed by atoms with Crippen molar-refractivity contribution in [3.05, 3.63) is 81.4 Å². The molecule has 6 heteroatoms. The number of nitrogens with one attached hydrogen (secondary N) is 2. The summed E-state index contributed by atoms with van der Waals surface area (Å²) in [7, 11) is 0. The van der Waals surface area contributed by atoms with E-state index in [2.05, 4.69) is 15.3 Å². The van der Waals surface area contributed by atoms with Gasteiger partial charge < -0.3 is 10.3 Å². The Kier molecular flexibility index (Phi) is 4.49. The highest BCUT2D eigenvalue weighted by atomic mass is 35.5. The lowest BCUT2D eigenvalue weighted by molar-refractivity contribution is 0.955. The average Bonchev–Trinajstić information content (AvgIpc) is 3.07. The Morgan fingerprint density at radius 2 is 1.85 bits per heavy atom. The SMILES string of the molecule is Cc1ccc(NCc2nc3cc(-c4ccc(Cl)cc4)sc3c(=O)[nH]2)cc1. The first kappa shape index (κ1) is 16.8. The number of hydrogen-bond donors (Lipinski definition) is 2. The van der Waals surface area contributed by atoms with Crippen LogP contribution in [-0.4, -0.2) is 9.97 Å². The number of aryl methyl sites for hydroxylation is 1. The van der Waals surface area contributed by atoms with E-state index in [1.165, 1.54) is 16.9 Å². The summed E-state index contributed by atoms with van der Waals surface area (Å²) in [5.74, 6) is 0.614. The third-order valence-electron chi connectivity index (χ3n) is 4.07. The zero-order valence-corrected chi connectivity index (χ0v) is 15.6. The number of benzene rings is 2. The molecule has 2 aromatic heterocycles. The smallest absolute Gasteiger partial charge is 0.268 e. The summed E-state index contributed by atoms with van der Waals surface area (Å²) in [4.78, 5) is 20.9. The summed E-state index contributed by atoms with van der Waals surface area (Å²) < 4.78 is 0.633. The highest BCUT2D eigenvalue weighted by molar-refractivity contribution is 7.22. The lowest BCUT2D eigenvalue weighted by Gasteiger charge is -2.06. The first-order chi connectivity index (χ1) is 12.6. The van der Waals surface area contributed by atoms with Crippen LogP contribution < -0.4 is 10.9 Å². The van der Waals surface area contributed by atoms with Gasteiger partial charge in [-0.2, -0.15) is 0 Å². The van der Waals surface area contributed by atoms with E-state index in [0.717, 1.165) is 16.1 Å². The lowest BCUT2D eigenvalue weighted by atomic mass is 10.2. The molecule has 0 amide bonds. The van der Waals surface area contributed by atoms with Gasteiger partial charge in [0, 0.05) is 15.6 Å². The number of H-pyrrole nitrogens is 1. The molecule has 26 heavy (non-hydrogen) atoms. The van der Waals surface area contributed by atoms with Gasteiger partial charge in [0.1, 0.15) is 10.5 Å². The van der Waals surface area contributed by atoms with Crippen LogP contribution in [0.1, 0.15) is 11.4 Å². The summed E-state index contributed by atoms with van der Waals surface area (Å²) in [5.41, 5.74) is 3.82. The van der Waals surface area contributed by atoms with Crippen molar-refractivity contribution >= 4 is 38.8 Å². The van der Waals surface area contributed by atoms with Crippen molar-refractivity contribution in [3.8, 4) is 10.4 Å². The Morgan fingerprint density at radius 3 is 2.58 bits per heavy atom. The van der Waals surface area contributed by atoms with E-state index in [1.807, 2.05) is 61.5 Å². The summed E-state index contributed by atoms with van der Waals surface area (Å²) in [6.07, 6.45) is 0. The van der Waals surface area contributed by atoms with Gasteiger partial charge >= 0.3 is 0 Å². The van der Waals surface area contributed by atoms with Crippen LogP contribution in [0.15, 0.2) is 59.4 Å². The Morgan fingerprint density at radius 1 is 1.12 bits per heavy atom. The average molecular weight is 382 g/mol. The summed E-state index contributed by atoms with van der Waals surface area (Å²) in [6.45, 7) is 2.51. The zero-order chi connectivity index (χ0) is 18.1. The molecule has 0 aliphatic rings. The number of aromatic amines is 1. The summed E-state index contributed by atoms with van der Waals surface area (Å²) in [6, 6.07) is 17.6. The molecular formula is C20H16ClN3OS. The fourth-order valence-corrected chi connectivity index (χ4v) is 3.81. The Balaban J connectivity index is 1.62. The van der Waals surface area contributed by atoms with Crippen LogP contribution >= 0.6 is 22.9 Å². The van der Waals surface area contributed by atoms with Gasteiger partial charge in [-0.25, -0.2) is 4.98 Å². The third kappa shape index (κ3) is 3.49. The van der Waals surface area contributed by atoms with Gasteiger partial charge in [0.05, 0.1) is 12.1 Å². The fraction of sp³-hybridized carbons (Fsp3) is 0.100. The van der Waals surface area contributed by atoms with Crippen molar-refractivity contribution in [1.29, 1.82) is 0 Å². The number of hydrogen-bond acceptors (Lipinski definition) is 4. The molecule has 4 aromatic rings. The molecule has 0 saturated carbocycles. The maximum atomic E-state index is 12.4. The molecule has 0 unspecified atom stereocenters. The molecule has 0 fully saturated rings. The molecule has 0 atom stereocenters. The predicted molar refractivity (Wildman–Crippen MR) is 109 cm³/mol. The molecule has 0 spiro atoms. The topological polar surface area (TPSA) is 57.8 Å². The minimum Gasteiger partial charge on any atom is -0.378 e. The van der Waals surface area contributed by atoms with Crippen molar-refractivity contribution in [2.75, 3.05) is 5.32 Å². The number of halogens is 1. The van der Waals surface area contributed by atoms with E-state index >= 15 is 0 Å². The largest absolute Gasteiger partial charge is 0.378 e. The minimum atomic E-state index is -0.110. The van der Waals surface area contributed by atoms with Crippen LogP contribution in [-0.2, 0) is 6.54 Å². The normalized spacial score (nSPS) is 11.0. The lowest BCUT2D eigenvalue weighted by Crippen LogP contribution is -2.13. The molecule has 2 heterocycles. The Bertz CT molecular complexity index is 1110. The summed E-state index contributed by atoms with van der Waals surface area (Å²) in [5, 5.41) is 3.97. The molecule has 0 radical (unpaired) electrons. The quantitative estimate of drug-likeness (QED) is 0.509. The van der Waals surface area contributed by atoms with Gasteiger partial charge in [0.15, 0.2) is 0 Å². The molecule has 4 rings (SSSR count). The van der Waals surface area contributed by atoms with Crippen LogP contribution in [0.4, 0.5) is 5.69 Å². The van der Waals surface area contributed by atoms with Gasteiger partial charge in [-0.05, 0) is 42.8 Å². The van der Waals surface area contributed by atoms with Crippen molar-refractivity contribution in [1.82, 2.24) is 9.97 Å². The van der Waals surface area contributed by atoms with Gasteiger partial charge in [0.25, 0.3) is 5.56 Å². The van der Waals surface area contributed by atoms with Gasteiger partial charge in [0.2, 0.25) is 0 Å². The molecule has 0 aliphatic heterocycles. The van der Waals surface area contributed by atoms with Crippen molar-refractivity contribution in [3.63, 3.8) is 0 Å². The van der Waals surface area contributed by atoms with Crippen LogP contribution in [0.3, 0.4) is 0 Å². The third-order valence-corrected chi connectivity index (χ3v) is 5.50. The first-order valence-corrected chi connectivity index (χ1v) is 9.37. The molecule has 0 aliphatic carbocycles. The number of thiophene rings is 1. The molecule has 0 bridgehead atoms. The predicted octanol–water partition coefficient (Wildman–Crippen LogP) is 5.23. The van der Waals surface area contributed by atoms with E-state index in [-0.39, 0.29) is 5.56 Å². The molecule has 4 nitrogen and oxygen atoms in total. The maximum Gasteiger partial charge on any atom is 0.268 e. The molecule has 130 valence electrons. The monoisotopic (exact) mass is 381 g/mol. The molecule has 0 saturated heterocycles. The highest BCUT2D eigenvalue weighted by Crippen LogP contribution is 2.31. The number of aromatic nitrogens is 2. The second kappa shape index (κ2) is 6.94. The molecule has 2 aromatic carbocycles. The van der Waals surface area contributed by atoms with Gasteiger partial charge in [-0.1, -0.05) is 41.4 Å². The van der Waals surface area contributed by atoms with Gasteiger partial charge in [-0.3, -0.25) is 4.79 Å². The van der Waals surface area contributed by atoms with Crippen molar-refractivity contribution in [2.45, 2.75) is 13.5 Å². The number of anilines is 1. The number of fused-ring (bicyclic) bond motifs is 1. The van der Waals surface area contributed by atoms with Crippen LogP contribution in [0.5, 0.6) is 0 Å². The second-order valence-electron chi connectivity index (χ2n) is 6.06. The van der Waals surface area contributed by atoms with Crippen LogP contribution in [0.2, 0.25) is 5.02 Å². The standard InChI is InChI=1S/C20H16ClN3OS/c1-12-2-8-15(9-3-12)22-11-18-23-16-10-17(26-19(16)20(25)24-18)13-4-6-14(21)7-5-13/h2-10,22H,11H2,1H3,(H,23,24,25). The first-order valence-electron chi connectivity index (χ1n) is 8.18. The Labute approximate surface area is 159 Å². The van der Waals surface area contributed by atoms with E-state index in [9.17, 15) is 4.79 Å². The van der Waals surface area contributed by atoms with Crippen molar-refractivity contribution in [2.24, 2.45) is 0 Å². The van der Waals surface area contributed by atoms with Gasteiger partial charge in [-0.15, -0.1) is 11.3 Å². The highest BCUT2D eigenvalue weighted by Gasteiger charge is 2.10. The number of nitrogens with zero attached hydrogens (tertiary/aromatic N) is 1. The Hall–Kier alpha value is -2.63. The van der Waals surface area contributed by atoms with Crippen molar-refractivity contribution < 1.29 is 0 Å². The fourth-order valence-electron chi connectivity index (χ4n) is 2.69. The molecular weight excluding hydrogens is 366 g/mol. The van der Waals surface area contributed by atoms with E-state index in [1.54, 1.807) is 0 Å². The van der Waals surface area contributed by atoms with E-state index < -0.39 is 0 Å². The molecule has 2 N–H and O–H groups in total. The van der Waals surface area contributed by atoms with E-state index in [4.69, 9.17) is 11.6 Å². The summed E-state index contributed by atoms with van der Waals surface area (Å²) >= 11 is 7.38.